The highest BCUT2D eigenvalue weighted by atomic mass is 16.5. The number of rotatable bonds is 4. The van der Waals surface area contributed by atoms with Crippen LogP contribution in [-0.2, 0) is 14.3 Å². The van der Waals surface area contributed by atoms with Crippen molar-refractivity contribution >= 4 is 11.8 Å². The minimum absolute atomic E-state index is 0.0774. The van der Waals surface area contributed by atoms with Crippen LogP contribution in [0, 0.1) is 0 Å². The van der Waals surface area contributed by atoms with Crippen LogP contribution < -0.4 is 0 Å². The summed E-state index contributed by atoms with van der Waals surface area (Å²) >= 11 is 0. The molecule has 2 heterocycles. The van der Waals surface area contributed by atoms with Gasteiger partial charge in [-0.25, -0.2) is 0 Å². The van der Waals surface area contributed by atoms with Crippen LogP contribution in [0.2, 0.25) is 0 Å². The molecule has 3 rings (SSSR count). The Balaban J connectivity index is 1.45. The van der Waals surface area contributed by atoms with Gasteiger partial charge in [-0.3, -0.25) is 9.59 Å². The predicted octanol–water partition coefficient (Wildman–Crippen LogP) is 2.42. The van der Waals surface area contributed by atoms with Crippen molar-refractivity contribution in [2.45, 2.75) is 38.0 Å². The molecule has 136 valence electrons. The summed E-state index contributed by atoms with van der Waals surface area (Å²) in [5.41, 5.74) is 1.37. The molecule has 0 N–H and O–H groups in total. The molecule has 1 aromatic carbocycles. The number of carbonyl (C=O) groups excluding carboxylic acids is 2. The smallest absolute Gasteiger partial charge is 0.223 e. The number of likely N-dealkylation sites (tertiary alicyclic amines) is 1. The Kier molecular flexibility index (Phi) is 6.45. The Morgan fingerprint density at radius 3 is 2.20 bits per heavy atom. The molecule has 2 aliphatic heterocycles. The first-order chi connectivity index (χ1) is 12.2. The van der Waals surface area contributed by atoms with Crippen molar-refractivity contribution in [3.8, 4) is 0 Å². The fraction of sp³-hybridized carbons (Fsp3) is 0.600. The van der Waals surface area contributed by atoms with Crippen molar-refractivity contribution in [3.63, 3.8) is 0 Å². The van der Waals surface area contributed by atoms with Crippen LogP contribution in [-0.4, -0.2) is 61.0 Å². The Bertz CT molecular complexity index is 570. The lowest BCUT2D eigenvalue weighted by Crippen LogP contribution is -2.41. The number of hydrogen-bond donors (Lipinski definition) is 0. The molecule has 2 aliphatic rings. The monoisotopic (exact) mass is 344 g/mol. The third-order valence-corrected chi connectivity index (χ3v) is 5.27. The SMILES string of the molecule is O=C(CCC(=O)N1CCC[C@@H](c2ccccc2)CC1)N1CCOCC1. The Labute approximate surface area is 149 Å². The van der Waals surface area contributed by atoms with E-state index in [2.05, 4.69) is 24.3 Å². The van der Waals surface area contributed by atoms with Gasteiger partial charge in [-0.05, 0) is 30.7 Å². The summed E-state index contributed by atoms with van der Waals surface area (Å²) in [4.78, 5) is 28.5. The lowest BCUT2D eigenvalue weighted by molar-refractivity contribution is -0.139. The molecular weight excluding hydrogens is 316 g/mol. The van der Waals surface area contributed by atoms with Crippen molar-refractivity contribution in [2.24, 2.45) is 0 Å². The molecule has 1 atom stereocenters. The van der Waals surface area contributed by atoms with Crippen molar-refractivity contribution < 1.29 is 14.3 Å². The van der Waals surface area contributed by atoms with Gasteiger partial charge in [0.05, 0.1) is 13.2 Å². The summed E-state index contributed by atoms with van der Waals surface area (Å²) < 4.78 is 5.26. The number of nitrogens with zero attached hydrogens (tertiary/aromatic N) is 2. The van der Waals surface area contributed by atoms with Gasteiger partial charge in [0.15, 0.2) is 0 Å². The van der Waals surface area contributed by atoms with Crippen LogP contribution >= 0.6 is 0 Å². The van der Waals surface area contributed by atoms with E-state index in [1.165, 1.54) is 5.56 Å². The quantitative estimate of drug-likeness (QED) is 0.843. The van der Waals surface area contributed by atoms with Gasteiger partial charge in [0.2, 0.25) is 11.8 Å². The maximum Gasteiger partial charge on any atom is 0.223 e. The molecule has 0 aliphatic carbocycles. The van der Waals surface area contributed by atoms with E-state index in [1.54, 1.807) is 0 Å². The highest BCUT2D eigenvalue weighted by Crippen LogP contribution is 2.28. The van der Waals surface area contributed by atoms with Crippen molar-refractivity contribution in [1.29, 1.82) is 0 Å². The Hall–Kier alpha value is -1.88. The zero-order chi connectivity index (χ0) is 17.5. The first-order valence-corrected chi connectivity index (χ1v) is 9.42. The summed E-state index contributed by atoms with van der Waals surface area (Å²) in [7, 11) is 0. The molecule has 0 aromatic heterocycles. The number of carbonyl (C=O) groups is 2. The topological polar surface area (TPSA) is 49.9 Å². The standard InChI is InChI=1S/C20H28N2O3/c23-19(8-9-20(24)22-13-15-25-16-14-22)21-11-4-7-18(10-12-21)17-5-2-1-3-6-17/h1-3,5-6,18H,4,7-16H2/t18-/m1/s1. The van der Waals surface area contributed by atoms with Crippen LogP contribution in [0.1, 0.15) is 43.6 Å². The number of hydrogen-bond acceptors (Lipinski definition) is 3. The van der Waals surface area contributed by atoms with Crippen LogP contribution in [0.5, 0.6) is 0 Å². The van der Waals surface area contributed by atoms with Crippen LogP contribution in [0.3, 0.4) is 0 Å². The predicted molar refractivity (Wildman–Crippen MR) is 96.2 cm³/mol. The highest BCUT2D eigenvalue weighted by Gasteiger charge is 2.23. The van der Waals surface area contributed by atoms with E-state index in [4.69, 9.17) is 4.74 Å². The van der Waals surface area contributed by atoms with Gasteiger partial charge in [0, 0.05) is 39.0 Å². The van der Waals surface area contributed by atoms with Crippen LogP contribution in [0.25, 0.3) is 0 Å². The second kappa shape index (κ2) is 8.99. The number of amides is 2. The number of morpholine rings is 1. The fourth-order valence-electron chi connectivity index (χ4n) is 3.75. The van der Waals surface area contributed by atoms with Crippen molar-refractivity contribution in [3.05, 3.63) is 35.9 Å². The zero-order valence-corrected chi connectivity index (χ0v) is 14.9. The van der Waals surface area contributed by atoms with E-state index in [9.17, 15) is 9.59 Å². The lowest BCUT2D eigenvalue weighted by atomic mass is 9.92. The average Bonchev–Trinajstić information content (AvgIpc) is 2.93. The minimum Gasteiger partial charge on any atom is -0.378 e. The van der Waals surface area contributed by atoms with Crippen molar-refractivity contribution in [2.75, 3.05) is 39.4 Å². The summed E-state index contributed by atoms with van der Waals surface area (Å²) in [6, 6.07) is 10.6. The van der Waals surface area contributed by atoms with E-state index in [0.29, 0.717) is 45.1 Å². The van der Waals surface area contributed by atoms with Gasteiger partial charge in [0.25, 0.3) is 0 Å². The van der Waals surface area contributed by atoms with Gasteiger partial charge < -0.3 is 14.5 Å². The minimum atomic E-state index is 0.0774. The molecular formula is C20H28N2O3. The number of benzene rings is 1. The second-order valence-corrected chi connectivity index (χ2v) is 6.91. The summed E-state index contributed by atoms with van der Waals surface area (Å²) in [5, 5.41) is 0. The van der Waals surface area contributed by atoms with Gasteiger partial charge in [-0.15, -0.1) is 0 Å². The molecule has 5 heteroatoms. The maximum absolute atomic E-state index is 12.5. The first kappa shape index (κ1) is 17.9. The van der Waals surface area contributed by atoms with Crippen molar-refractivity contribution in [1.82, 2.24) is 9.80 Å². The van der Waals surface area contributed by atoms with E-state index < -0.39 is 0 Å². The van der Waals surface area contributed by atoms with Gasteiger partial charge in [0.1, 0.15) is 0 Å². The molecule has 5 nitrogen and oxygen atoms in total. The molecule has 1 aromatic rings. The zero-order valence-electron chi connectivity index (χ0n) is 14.9. The second-order valence-electron chi connectivity index (χ2n) is 6.91. The molecule has 0 radical (unpaired) electrons. The maximum atomic E-state index is 12.5. The first-order valence-electron chi connectivity index (χ1n) is 9.42. The molecule has 2 amide bonds. The molecule has 0 spiro atoms. The largest absolute Gasteiger partial charge is 0.378 e. The van der Waals surface area contributed by atoms with Crippen LogP contribution in [0.4, 0.5) is 0 Å². The average molecular weight is 344 g/mol. The lowest BCUT2D eigenvalue weighted by Gasteiger charge is -2.27. The van der Waals surface area contributed by atoms with E-state index in [1.807, 2.05) is 15.9 Å². The fourth-order valence-corrected chi connectivity index (χ4v) is 3.75. The van der Waals surface area contributed by atoms with Gasteiger partial charge in [-0.2, -0.15) is 0 Å². The van der Waals surface area contributed by atoms with Crippen LogP contribution in [0.15, 0.2) is 30.3 Å². The molecule has 0 unspecified atom stereocenters. The third-order valence-electron chi connectivity index (χ3n) is 5.27. The van der Waals surface area contributed by atoms with E-state index in [0.717, 1.165) is 32.4 Å². The van der Waals surface area contributed by atoms with E-state index >= 15 is 0 Å². The Morgan fingerprint density at radius 2 is 1.52 bits per heavy atom. The third kappa shape index (κ3) is 5.05. The van der Waals surface area contributed by atoms with Gasteiger partial charge >= 0.3 is 0 Å². The Morgan fingerprint density at radius 1 is 0.880 bits per heavy atom. The molecule has 25 heavy (non-hydrogen) atoms. The van der Waals surface area contributed by atoms with Gasteiger partial charge in [-0.1, -0.05) is 30.3 Å². The normalized spacial score (nSPS) is 21.7. The summed E-state index contributed by atoms with van der Waals surface area (Å²) in [6.07, 6.45) is 3.81. The summed E-state index contributed by atoms with van der Waals surface area (Å²) in [5.74, 6) is 0.734. The molecule has 2 saturated heterocycles. The number of ether oxygens (including phenoxy) is 1. The molecule has 0 bridgehead atoms. The highest BCUT2D eigenvalue weighted by molar-refractivity contribution is 5.83. The molecule has 2 fully saturated rings. The molecule has 0 saturated carbocycles. The summed E-state index contributed by atoms with van der Waals surface area (Å²) in [6.45, 7) is 4.11. The van der Waals surface area contributed by atoms with E-state index in [-0.39, 0.29) is 11.8 Å².